The predicted molar refractivity (Wildman–Crippen MR) is 121 cm³/mol. The largest absolute Gasteiger partial charge is 0.472 e. The number of rotatable bonds is 6. The number of amides is 1. The molecule has 12 nitrogen and oxygen atoms in total. The van der Waals surface area contributed by atoms with Crippen LogP contribution in [0.25, 0.3) is 11.3 Å². The van der Waals surface area contributed by atoms with Gasteiger partial charge in [-0.3, -0.25) is 4.79 Å². The van der Waals surface area contributed by atoms with Crippen molar-refractivity contribution in [2.75, 3.05) is 44.0 Å². The maximum atomic E-state index is 15.5. The van der Waals surface area contributed by atoms with Crippen molar-refractivity contribution in [1.29, 1.82) is 0 Å². The molecule has 0 radical (unpaired) electrons. The minimum atomic E-state index is -0.707. The van der Waals surface area contributed by atoms with Gasteiger partial charge in [0.05, 0.1) is 13.2 Å². The van der Waals surface area contributed by atoms with Crippen molar-refractivity contribution in [2.24, 2.45) is 0 Å². The fraction of sp³-hybridized carbons (Fsp3) is 0.455. The maximum Gasteiger partial charge on any atom is 0.276 e. The SMILES string of the molecule is Cc1cc(C(=O)N(C)[C@H]2C[C@H](Oc3nc(N4CCOCC4)nc(-c4cnc(N)nc4)c3F)C2)no1. The standard InChI is InChI=1S/C22H25FN8O4/c1-12-7-16(29-35-12)20(32)30(2)14-8-15(9-14)34-19-17(23)18(13-10-25-21(24)26-11-13)27-22(28-19)31-3-5-33-6-4-31/h7,10-11,14-15H,3-6,8-9H2,1-2H3,(H2,24,25,26)/t14-,15-. The molecule has 1 amide bonds. The van der Waals surface area contributed by atoms with E-state index in [4.69, 9.17) is 19.7 Å². The second-order valence-electron chi connectivity index (χ2n) is 8.52. The molecule has 184 valence electrons. The third kappa shape index (κ3) is 4.71. The van der Waals surface area contributed by atoms with Crippen LogP contribution < -0.4 is 15.4 Å². The summed E-state index contributed by atoms with van der Waals surface area (Å²) in [5.74, 6) is -0.124. The molecular weight excluding hydrogens is 459 g/mol. The Bertz CT molecular complexity index is 1210. The van der Waals surface area contributed by atoms with E-state index in [9.17, 15) is 4.79 Å². The zero-order chi connectivity index (χ0) is 24.5. The van der Waals surface area contributed by atoms with Crippen molar-refractivity contribution >= 4 is 17.8 Å². The molecule has 0 atom stereocenters. The molecule has 5 rings (SSSR count). The lowest BCUT2D eigenvalue weighted by atomic mass is 9.88. The van der Waals surface area contributed by atoms with E-state index in [2.05, 4.69) is 25.1 Å². The van der Waals surface area contributed by atoms with Crippen LogP contribution in [0, 0.1) is 12.7 Å². The lowest BCUT2D eigenvalue weighted by molar-refractivity contribution is 0.0213. The van der Waals surface area contributed by atoms with Gasteiger partial charge in [-0.05, 0) is 6.92 Å². The number of carbonyl (C=O) groups is 1. The van der Waals surface area contributed by atoms with Crippen molar-refractivity contribution in [3.8, 4) is 17.1 Å². The molecule has 3 aromatic rings. The number of anilines is 2. The number of ether oxygens (including phenoxy) is 2. The van der Waals surface area contributed by atoms with E-state index in [1.807, 2.05) is 4.90 Å². The maximum absolute atomic E-state index is 15.5. The number of aromatic nitrogens is 5. The number of nitrogens with two attached hydrogens (primary N) is 1. The van der Waals surface area contributed by atoms with Crippen LogP contribution in [0.5, 0.6) is 5.88 Å². The topological polar surface area (TPSA) is 146 Å². The van der Waals surface area contributed by atoms with Gasteiger partial charge in [0.2, 0.25) is 17.7 Å². The zero-order valence-corrected chi connectivity index (χ0v) is 19.3. The molecule has 0 unspecified atom stereocenters. The third-order valence-corrected chi connectivity index (χ3v) is 6.11. The van der Waals surface area contributed by atoms with Gasteiger partial charge in [-0.2, -0.15) is 9.37 Å². The highest BCUT2D eigenvalue weighted by Gasteiger charge is 2.38. The van der Waals surface area contributed by atoms with Crippen molar-refractivity contribution in [3.63, 3.8) is 0 Å². The quantitative estimate of drug-likeness (QED) is 0.543. The molecule has 1 aliphatic heterocycles. The second kappa shape index (κ2) is 9.41. The lowest BCUT2D eigenvalue weighted by Crippen LogP contribution is -2.50. The molecule has 1 saturated heterocycles. The molecule has 1 aliphatic carbocycles. The first kappa shape index (κ1) is 22.9. The monoisotopic (exact) mass is 484 g/mol. The van der Waals surface area contributed by atoms with Gasteiger partial charge in [0.1, 0.15) is 17.6 Å². The zero-order valence-electron chi connectivity index (χ0n) is 19.3. The summed E-state index contributed by atoms with van der Waals surface area (Å²) < 4.78 is 31.8. The number of aryl methyl sites for hydroxylation is 1. The minimum Gasteiger partial charge on any atom is -0.472 e. The Labute approximate surface area is 200 Å². The van der Waals surface area contributed by atoms with Crippen LogP contribution in [-0.2, 0) is 4.74 Å². The third-order valence-electron chi connectivity index (χ3n) is 6.11. The molecule has 35 heavy (non-hydrogen) atoms. The minimum absolute atomic E-state index is 0.0288. The van der Waals surface area contributed by atoms with E-state index >= 15 is 4.39 Å². The van der Waals surface area contributed by atoms with Crippen LogP contribution in [-0.4, -0.2) is 81.4 Å². The summed E-state index contributed by atoms with van der Waals surface area (Å²) in [5.41, 5.74) is 6.22. The van der Waals surface area contributed by atoms with Crippen LogP contribution in [0.1, 0.15) is 29.1 Å². The number of morpholine rings is 1. The highest BCUT2D eigenvalue weighted by Crippen LogP contribution is 2.34. The molecule has 2 N–H and O–H groups in total. The van der Waals surface area contributed by atoms with Gasteiger partial charge in [-0.15, -0.1) is 0 Å². The van der Waals surface area contributed by atoms with Crippen LogP contribution in [0.2, 0.25) is 0 Å². The van der Waals surface area contributed by atoms with Crippen molar-refractivity contribution < 1.29 is 23.2 Å². The fourth-order valence-corrected chi connectivity index (χ4v) is 3.97. The summed E-state index contributed by atoms with van der Waals surface area (Å²) in [7, 11) is 1.70. The number of nitrogens with zero attached hydrogens (tertiary/aromatic N) is 7. The molecule has 3 aromatic heterocycles. The molecule has 2 fully saturated rings. The Morgan fingerprint density at radius 1 is 1.23 bits per heavy atom. The summed E-state index contributed by atoms with van der Waals surface area (Å²) in [6.45, 7) is 3.91. The van der Waals surface area contributed by atoms with Gasteiger partial charge in [0, 0.05) is 63.0 Å². The number of halogens is 1. The van der Waals surface area contributed by atoms with E-state index in [-0.39, 0.29) is 41.3 Å². The summed E-state index contributed by atoms with van der Waals surface area (Å²) >= 11 is 0. The Morgan fingerprint density at radius 3 is 2.60 bits per heavy atom. The average molecular weight is 484 g/mol. The number of hydrogen-bond acceptors (Lipinski definition) is 11. The van der Waals surface area contributed by atoms with Crippen molar-refractivity contribution in [3.05, 3.63) is 35.7 Å². The molecule has 0 aromatic carbocycles. The average Bonchev–Trinajstić information content (AvgIpc) is 3.28. The number of nitrogen functional groups attached to an aromatic ring is 1. The van der Waals surface area contributed by atoms with E-state index in [0.717, 1.165) is 0 Å². The van der Waals surface area contributed by atoms with Gasteiger partial charge in [-0.1, -0.05) is 5.16 Å². The molecule has 0 spiro atoms. The molecule has 4 heterocycles. The number of hydrogen-bond donors (Lipinski definition) is 1. The molecule has 1 saturated carbocycles. The Kier molecular flexibility index (Phi) is 6.16. The molecule has 0 bridgehead atoms. The highest BCUT2D eigenvalue weighted by atomic mass is 19.1. The smallest absolute Gasteiger partial charge is 0.276 e. The van der Waals surface area contributed by atoms with E-state index in [1.54, 1.807) is 24.9 Å². The van der Waals surface area contributed by atoms with Crippen LogP contribution in [0.15, 0.2) is 23.0 Å². The highest BCUT2D eigenvalue weighted by molar-refractivity contribution is 5.92. The first-order valence-corrected chi connectivity index (χ1v) is 11.2. The predicted octanol–water partition coefficient (Wildman–Crippen LogP) is 1.47. The normalized spacial score (nSPS) is 19.8. The van der Waals surface area contributed by atoms with Crippen molar-refractivity contribution in [2.45, 2.75) is 31.9 Å². The lowest BCUT2D eigenvalue weighted by Gasteiger charge is -2.40. The molecular formula is C22H25FN8O4. The van der Waals surface area contributed by atoms with Gasteiger partial charge >= 0.3 is 0 Å². The molecule has 2 aliphatic rings. The Hall–Kier alpha value is -3.87. The van der Waals surface area contributed by atoms with Gasteiger partial charge in [-0.25, -0.2) is 15.0 Å². The van der Waals surface area contributed by atoms with E-state index in [0.29, 0.717) is 56.4 Å². The summed E-state index contributed by atoms with van der Waals surface area (Å²) in [5, 5.41) is 3.78. The van der Waals surface area contributed by atoms with Crippen LogP contribution >= 0.6 is 0 Å². The fourth-order valence-electron chi connectivity index (χ4n) is 3.97. The first-order chi connectivity index (χ1) is 16.9. The van der Waals surface area contributed by atoms with Crippen LogP contribution in [0.4, 0.5) is 16.3 Å². The van der Waals surface area contributed by atoms with Gasteiger partial charge in [0.25, 0.3) is 11.8 Å². The van der Waals surface area contributed by atoms with Crippen LogP contribution in [0.3, 0.4) is 0 Å². The van der Waals surface area contributed by atoms with E-state index < -0.39 is 5.82 Å². The Balaban J connectivity index is 1.34. The first-order valence-electron chi connectivity index (χ1n) is 11.2. The molecule has 13 heteroatoms. The summed E-state index contributed by atoms with van der Waals surface area (Å²) in [6, 6.07) is 1.52. The van der Waals surface area contributed by atoms with E-state index in [1.165, 1.54) is 12.4 Å². The van der Waals surface area contributed by atoms with Gasteiger partial charge in [0.15, 0.2) is 5.69 Å². The summed E-state index contributed by atoms with van der Waals surface area (Å²) in [6.07, 6.45) is 3.55. The number of carbonyl (C=O) groups excluding carboxylic acids is 1. The Morgan fingerprint density at radius 2 is 1.94 bits per heavy atom. The summed E-state index contributed by atoms with van der Waals surface area (Å²) in [4.78, 5) is 32.8. The van der Waals surface area contributed by atoms with Crippen molar-refractivity contribution in [1.82, 2.24) is 30.0 Å². The van der Waals surface area contributed by atoms with Gasteiger partial charge < -0.3 is 29.5 Å². The second-order valence-corrected chi connectivity index (χ2v) is 8.52.